The molecule has 0 spiro atoms. The number of ether oxygens (including phenoxy) is 2. The van der Waals surface area contributed by atoms with Crippen molar-refractivity contribution in [3.8, 4) is 11.9 Å². The van der Waals surface area contributed by atoms with Crippen LogP contribution in [-0.4, -0.2) is 104 Å². The number of hydrogen-bond donors (Lipinski definition) is 0. The number of methoxy groups -OCH3 is 2. The van der Waals surface area contributed by atoms with E-state index in [-0.39, 0.29) is 23.7 Å². The summed E-state index contributed by atoms with van der Waals surface area (Å²) in [4.78, 5) is 34.7. The molecule has 0 N–H and O–H groups in total. The molecule has 3 aromatic rings. The zero-order chi connectivity index (χ0) is 33.3. The fourth-order valence-corrected chi connectivity index (χ4v) is 7.09. The van der Waals surface area contributed by atoms with Crippen LogP contribution in [0.4, 0.5) is 4.79 Å². The van der Waals surface area contributed by atoms with E-state index >= 15 is 0 Å². The minimum atomic E-state index is -3.04. The van der Waals surface area contributed by atoms with E-state index in [1.54, 1.807) is 28.1 Å². The Morgan fingerprint density at radius 1 is 0.913 bits per heavy atom. The highest BCUT2D eigenvalue weighted by Gasteiger charge is 2.60. The summed E-state index contributed by atoms with van der Waals surface area (Å²) < 4.78 is 34.2. The van der Waals surface area contributed by atoms with Gasteiger partial charge < -0.3 is 14.4 Å². The van der Waals surface area contributed by atoms with Crippen molar-refractivity contribution in [2.45, 2.75) is 31.3 Å². The fourth-order valence-electron chi connectivity index (χ4n) is 6.18. The Morgan fingerprint density at radius 2 is 1.50 bits per heavy atom. The number of carbonyl (C=O) groups excluding carboxylic acids is 1. The van der Waals surface area contributed by atoms with Gasteiger partial charge in [0.1, 0.15) is 26.8 Å². The maximum Gasteiger partial charge on any atom is 0.326 e. The van der Waals surface area contributed by atoms with Crippen molar-refractivity contribution in [3.63, 3.8) is 0 Å². The smallest absolute Gasteiger partial charge is 0.326 e. The molecule has 2 aliphatic heterocycles. The number of aliphatic imine (C=N–C) groups is 1. The second-order valence-corrected chi connectivity index (χ2v) is 14.9. The first-order chi connectivity index (χ1) is 21.8. The number of amidine groups is 1. The summed E-state index contributed by atoms with van der Waals surface area (Å²) in [7, 11) is -0.0780. The zero-order valence-corrected chi connectivity index (χ0v) is 28.9. The van der Waals surface area contributed by atoms with E-state index in [0.717, 1.165) is 11.1 Å². The third kappa shape index (κ3) is 6.53. The summed E-state index contributed by atoms with van der Waals surface area (Å²) in [6.07, 6.45) is 3.34. The van der Waals surface area contributed by atoms with Gasteiger partial charge in [0.15, 0.2) is 0 Å². The van der Waals surface area contributed by atoms with Crippen molar-refractivity contribution in [2.24, 2.45) is 4.99 Å². The van der Waals surface area contributed by atoms with Gasteiger partial charge in [-0.25, -0.2) is 18.2 Å². The number of carbonyl (C=O) groups is 1. The molecule has 11 nitrogen and oxygen atoms in total. The minimum absolute atomic E-state index is 0.116. The summed E-state index contributed by atoms with van der Waals surface area (Å²) in [5, 5.41) is 1.14. The summed E-state index contributed by atoms with van der Waals surface area (Å²) in [6, 6.07) is 14.8. The number of nitrogens with zero attached hydrogens (tertiary/aromatic N) is 6. The fraction of sp³-hybridized carbons (Fsp3) is 0.438. The highest BCUT2D eigenvalue weighted by Crippen LogP contribution is 2.54. The molecule has 14 heteroatoms. The van der Waals surface area contributed by atoms with Crippen LogP contribution in [-0.2, 0) is 20.9 Å². The van der Waals surface area contributed by atoms with Gasteiger partial charge in [0.05, 0.1) is 25.5 Å². The van der Waals surface area contributed by atoms with Gasteiger partial charge in [-0.3, -0.25) is 14.8 Å². The lowest BCUT2D eigenvalue weighted by Crippen LogP contribution is -2.60. The van der Waals surface area contributed by atoms with Gasteiger partial charge in [-0.2, -0.15) is 4.98 Å². The van der Waals surface area contributed by atoms with Gasteiger partial charge in [-0.15, -0.1) is 0 Å². The van der Waals surface area contributed by atoms with Crippen LogP contribution < -0.4 is 9.47 Å². The van der Waals surface area contributed by atoms with E-state index in [4.69, 9.17) is 37.7 Å². The van der Waals surface area contributed by atoms with E-state index in [0.29, 0.717) is 60.6 Å². The van der Waals surface area contributed by atoms with Crippen LogP contribution in [0.5, 0.6) is 11.9 Å². The van der Waals surface area contributed by atoms with Gasteiger partial charge in [0.2, 0.25) is 5.88 Å². The van der Waals surface area contributed by atoms with Crippen LogP contribution in [0.1, 0.15) is 37.0 Å². The lowest BCUT2D eigenvalue weighted by molar-refractivity contribution is 0.0868. The molecule has 1 aromatic heterocycles. The normalized spacial score (nSPS) is 22.1. The lowest BCUT2D eigenvalue weighted by atomic mass is 9.71. The van der Waals surface area contributed by atoms with Crippen LogP contribution in [0.15, 0.2) is 59.7 Å². The average Bonchev–Trinajstić information content (AvgIpc) is 3.28. The molecule has 246 valence electrons. The van der Waals surface area contributed by atoms with Gasteiger partial charge in [0, 0.05) is 48.7 Å². The molecule has 2 aromatic carbocycles. The van der Waals surface area contributed by atoms with E-state index in [9.17, 15) is 13.2 Å². The molecular weight excluding hydrogens is 651 g/mol. The van der Waals surface area contributed by atoms with Crippen LogP contribution in [0.3, 0.4) is 0 Å². The predicted octanol–water partition coefficient (Wildman–Crippen LogP) is 4.87. The Kier molecular flexibility index (Phi) is 9.84. The van der Waals surface area contributed by atoms with Crippen LogP contribution in [0, 0.1) is 0 Å². The van der Waals surface area contributed by atoms with Crippen molar-refractivity contribution in [2.75, 3.05) is 59.0 Å². The molecule has 0 saturated carbocycles. The largest absolute Gasteiger partial charge is 0.480 e. The highest BCUT2D eigenvalue weighted by atomic mass is 35.5. The van der Waals surface area contributed by atoms with Crippen molar-refractivity contribution in [3.05, 3.63) is 81.5 Å². The molecule has 0 radical (unpaired) electrons. The summed E-state index contributed by atoms with van der Waals surface area (Å²) in [6.45, 7) is 6.75. The highest BCUT2D eigenvalue weighted by molar-refractivity contribution is 7.90. The van der Waals surface area contributed by atoms with Crippen molar-refractivity contribution >= 4 is 44.9 Å². The third-order valence-electron chi connectivity index (χ3n) is 8.92. The average molecular weight is 690 g/mol. The second-order valence-electron chi connectivity index (χ2n) is 11.8. The third-order valence-corrected chi connectivity index (χ3v) is 10.5. The van der Waals surface area contributed by atoms with Crippen molar-refractivity contribution in [1.29, 1.82) is 0 Å². The Labute approximate surface area is 280 Å². The Hall–Kier alpha value is -3.45. The standard InChI is InChI=1S/C32H38Cl2N6O5S/c1-31(22-7-11-24(33)12-8-22)32(2,23-9-13-25(34)14-10-23)40(27(37-31)26-21-35-29(45-4)36-28(26)44-3)30(41)39-18-16-38(17-19-39)15-6-20-46(5,42)43/h7-14,21H,6,15-20H2,1-5H3/t31-,32-/m0/s1. The number of aromatic nitrogens is 2. The number of benzene rings is 2. The summed E-state index contributed by atoms with van der Waals surface area (Å²) in [5.41, 5.74) is -0.0149. The Bertz CT molecular complexity index is 1720. The number of sulfone groups is 1. The van der Waals surface area contributed by atoms with E-state index in [1.807, 2.05) is 50.2 Å². The van der Waals surface area contributed by atoms with Crippen LogP contribution in [0.25, 0.3) is 0 Å². The maximum atomic E-state index is 14.9. The Balaban J connectivity index is 1.61. The molecule has 1 fully saturated rings. The van der Waals surface area contributed by atoms with Crippen LogP contribution in [0.2, 0.25) is 10.0 Å². The quantitative estimate of drug-likeness (QED) is 0.313. The predicted molar refractivity (Wildman–Crippen MR) is 179 cm³/mol. The molecule has 1 saturated heterocycles. The van der Waals surface area contributed by atoms with Crippen molar-refractivity contribution < 1.29 is 22.7 Å². The van der Waals surface area contributed by atoms with Gasteiger partial charge in [0.25, 0.3) is 0 Å². The van der Waals surface area contributed by atoms with E-state index < -0.39 is 20.9 Å². The number of hydrogen-bond acceptors (Lipinski definition) is 9. The number of halogens is 2. The molecule has 0 bridgehead atoms. The monoisotopic (exact) mass is 688 g/mol. The van der Waals surface area contributed by atoms with Gasteiger partial charge in [-0.1, -0.05) is 47.5 Å². The molecule has 3 heterocycles. The lowest BCUT2D eigenvalue weighted by Gasteiger charge is -2.47. The molecule has 0 aliphatic carbocycles. The number of urea groups is 1. The van der Waals surface area contributed by atoms with Crippen LogP contribution >= 0.6 is 23.2 Å². The molecule has 0 unspecified atom stereocenters. The number of piperazine rings is 1. The number of rotatable bonds is 9. The molecule has 2 amide bonds. The topological polar surface area (TPSA) is 118 Å². The molecule has 46 heavy (non-hydrogen) atoms. The SMILES string of the molecule is COc1ncc(C2=N[C@@](C)(c3ccc(Cl)cc3)[C@](C)(c3ccc(Cl)cc3)N2C(=O)N2CCN(CCCS(C)(=O)=O)CC2)c(OC)n1. The molecular formula is C32H38Cl2N6O5S. The number of amides is 2. The summed E-state index contributed by atoms with van der Waals surface area (Å²) in [5.74, 6) is 0.682. The molecule has 2 aliphatic rings. The van der Waals surface area contributed by atoms with E-state index in [2.05, 4.69) is 14.9 Å². The first kappa shape index (κ1) is 33.9. The second kappa shape index (κ2) is 13.3. The zero-order valence-electron chi connectivity index (χ0n) is 26.5. The van der Waals surface area contributed by atoms with Crippen molar-refractivity contribution in [1.82, 2.24) is 24.7 Å². The molecule has 2 atom stereocenters. The van der Waals surface area contributed by atoms with E-state index in [1.165, 1.54) is 20.5 Å². The van der Waals surface area contributed by atoms with Gasteiger partial charge >= 0.3 is 12.0 Å². The maximum absolute atomic E-state index is 14.9. The first-order valence-electron chi connectivity index (χ1n) is 14.9. The minimum Gasteiger partial charge on any atom is -0.480 e. The Morgan fingerprint density at radius 3 is 2.04 bits per heavy atom. The first-order valence-corrected chi connectivity index (χ1v) is 17.7. The summed E-state index contributed by atoms with van der Waals surface area (Å²) >= 11 is 12.7. The van der Waals surface area contributed by atoms with Gasteiger partial charge in [-0.05, 0) is 62.2 Å². The molecule has 5 rings (SSSR count).